The molecule has 0 saturated heterocycles. The molecule has 1 aliphatic rings. The maximum atomic E-state index is 11.6. The van der Waals surface area contributed by atoms with Crippen molar-refractivity contribution in [2.45, 2.75) is 26.7 Å². The lowest BCUT2D eigenvalue weighted by molar-refractivity contribution is -0.122. The fourth-order valence-corrected chi connectivity index (χ4v) is 1.78. The summed E-state index contributed by atoms with van der Waals surface area (Å²) in [5, 5.41) is 2.95. The van der Waals surface area contributed by atoms with Crippen LogP contribution >= 0.6 is 0 Å². The van der Waals surface area contributed by atoms with Crippen LogP contribution in [0, 0.1) is 11.3 Å². The molecule has 1 saturated carbocycles. The van der Waals surface area contributed by atoms with E-state index in [-0.39, 0.29) is 17.2 Å². The number of H-pyrrole nitrogens is 1. The first-order valence-corrected chi connectivity index (χ1v) is 5.34. The van der Waals surface area contributed by atoms with Gasteiger partial charge in [0.1, 0.15) is 0 Å². The van der Waals surface area contributed by atoms with E-state index in [2.05, 4.69) is 29.1 Å². The molecule has 15 heavy (non-hydrogen) atoms. The molecular weight excluding hydrogens is 190 g/mol. The molecular formula is C11H17N3O. The predicted octanol–water partition coefficient (Wildman–Crippen LogP) is 1.11. The molecule has 2 rings (SSSR count). The van der Waals surface area contributed by atoms with Crippen LogP contribution in [0.3, 0.4) is 0 Å². The second-order valence-electron chi connectivity index (χ2n) is 4.86. The minimum absolute atomic E-state index is 0.194. The second-order valence-corrected chi connectivity index (χ2v) is 4.86. The summed E-state index contributed by atoms with van der Waals surface area (Å²) < 4.78 is 0. The third kappa shape index (κ3) is 2.37. The van der Waals surface area contributed by atoms with Crippen LogP contribution in [0.5, 0.6) is 0 Å². The third-order valence-electron chi connectivity index (χ3n) is 3.08. The highest BCUT2D eigenvalue weighted by molar-refractivity contribution is 5.82. The zero-order valence-electron chi connectivity index (χ0n) is 9.21. The van der Waals surface area contributed by atoms with Crippen molar-refractivity contribution in [2.24, 2.45) is 11.3 Å². The summed E-state index contributed by atoms with van der Waals surface area (Å²) in [6, 6.07) is 0. The smallest absolute Gasteiger partial charge is 0.223 e. The van der Waals surface area contributed by atoms with Gasteiger partial charge in [0.2, 0.25) is 5.91 Å². The Morgan fingerprint density at radius 1 is 1.73 bits per heavy atom. The lowest BCUT2D eigenvalue weighted by atomic mass is 10.1. The number of aromatic amines is 1. The lowest BCUT2D eigenvalue weighted by Gasteiger charge is -2.05. The van der Waals surface area contributed by atoms with Crippen LogP contribution in [-0.4, -0.2) is 22.4 Å². The van der Waals surface area contributed by atoms with E-state index in [0.717, 1.165) is 18.5 Å². The van der Waals surface area contributed by atoms with E-state index in [0.29, 0.717) is 6.54 Å². The summed E-state index contributed by atoms with van der Waals surface area (Å²) in [4.78, 5) is 18.5. The summed E-state index contributed by atoms with van der Waals surface area (Å²) in [6.07, 6.45) is 5.27. The van der Waals surface area contributed by atoms with E-state index in [9.17, 15) is 4.79 Å². The Morgan fingerprint density at radius 2 is 2.47 bits per heavy atom. The maximum absolute atomic E-state index is 11.6. The molecule has 0 bridgehead atoms. The number of carbonyl (C=O) groups is 1. The molecule has 82 valence electrons. The van der Waals surface area contributed by atoms with Gasteiger partial charge in [-0.05, 0) is 11.8 Å². The van der Waals surface area contributed by atoms with Crippen LogP contribution in [0.15, 0.2) is 12.5 Å². The number of rotatable bonds is 4. The fraction of sp³-hybridized carbons (Fsp3) is 0.636. The van der Waals surface area contributed by atoms with Crippen molar-refractivity contribution in [1.82, 2.24) is 15.3 Å². The number of imidazole rings is 1. The number of aromatic nitrogens is 2. The first-order chi connectivity index (χ1) is 7.09. The normalized spacial score (nSPS) is 22.4. The van der Waals surface area contributed by atoms with Crippen molar-refractivity contribution in [1.29, 1.82) is 0 Å². The Labute approximate surface area is 89.5 Å². The molecule has 4 heteroatoms. The van der Waals surface area contributed by atoms with Crippen molar-refractivity contribution in [3.8, 4) is 0 Å². The highest BCUT2D eigenvalue weighted by atomic mass is 16.2. The summed E-state index contributed by atoms with van der Waals surface area (Å²) in [7, 11) is 0. The van der Waals surface area contributed by atoms with Crippen molar-refractivity contribution < 1.29 is 4.79 Å². The number of carbonyl (C=O) groups excluding carboxylic acids is 1. The summed E-state index contributed by atoms with van der Waals surface area (Å²) >= 11 is 0. The summed E-state index contributed by atoms with van der Waals surface area (Å²) in [5.74, 6) is 0.416. The van der Waals surface area contributed by atoms with Crippen molar-refractivity contribution >= 4 is 5.91 Å². The second kappa shape index (κ2) is 3.68. The van der Waals surface area contributed by atoms with E-state index < -0.39 is 0 Å². The van der Waals surface area contributed by atoms with Gasteiger partial charge in [0.25, 0.3) is 0 Å². The highest BCUT2D eigenvalue weighted by Crippen LogP contribution is 2.51. The van der Waals surface area contributed by atoms with Crippen LogP contribution in [0.4, 0.5) is 0 Å². The molecule has 0 radical (unpaired) electrons. The molecule has 1 aliphatic carbocycles. The van der Waals surface area contributed by atoms with Crippen LogP contribution in [0.25, 0.3) is 0 Å². The number of hydrogen-bond acceptors (Lipinski definition) is 2. The minimum Gasteiger partial charge on any atom is -0.355 e. The quantitative estimate of drug-likeness (QED) is 0.777. The van der Waals surface area contributed by atoms with E-state index >= 15 is 0 Å². The number of nitrogens with one attached hydrogen (secondary N) is 2. The van der Waals surface area contributed by atoms with Gasteiger partial charge < -0.3 is 10.3 Å². The Balaban J connectivity index is 1.69. The zero-order chi connectivity index (χ0) is 10.9. The molecule has 0 spiro atoms. The van der Waals surface area contributed by atoms with E-state index in [1.165, 1.54) is 0 Å². The molecule has 4 nitrogen and oxygen atoms in total. The van der Waals surface area contributed by atoms with Gasteiger partial charge in [-0.25, -0.2) is 4.98 Å². The first-order valence-electron chi connectivity index (χ1n) is 5.34. The fourth-order valence-electron chi connectivity index (χ4n) is 1.78. The molecule has 1 fully saturated rings. The molecule has 0 aliphatic heterocycles. The Morgan fingerprint density at radius 3 is 3.00 bits per heavy atom. The largest absolute Gasteiger partial charge is 0.355 e. The number of amides is 1. The average molecular weight is 207 g/mol. The molecule has 1 aromatic heterocycles. The van der Waals surface area contributed by atoms with Gasteiger partial charge >= 0.3 is 0 Å². The molecule has 1 amide bonds. The summed E-state index contributed by atoms with van der Waals surface area (Å²) in [6.45, 7) is 4.95. The van der Waals surface area contributed by atoms with Crippen molar-refractivity contribution in [3.63, 3.8) is 0 Å². The molecule has 2 N–H and O–H groups in total. The average Bonchev–Trinajstić information content (AvgIpc) is 2.65. The molecule has 1 heterocycles. The van der Waals surface area contributed by atoms with Crippen LogP contribution < -0.4 is 5.32 Å². The van der Waals surface area contributed by atoms with Gasteiger partial charge in [0.05, 0.1) is 6.33 Å². The zero-order valence-corrected chi connectivity index (χ0v) is 9.21. The van der Waals surface area contributed by atoms with E-state index in [4.69, 9.17) is 0 Å². The Kier molecular flexibility index (Phi) is 2.50. The predicted molar refractivity (Wildman–Crippen MR) is 57.2 cm³/mol. The van der Waals surface area contributed by atoms with Gasteiger partial charge in [0, 0.05) is 30.8 Å². The molecule has 1 atom stereocenters. The van der Waals surface area contributed by atoms with Gasteiger partial charge in [-0.15, -0.1) is 0 Å². The Hall–Kier alpha value is -1.32. The van der Waals surface area contributed by atoms with Crippen molar-refractivity contribution in [3.05, 3.63) is 18.2 Å². The Bertz CT molecular complexity index is 343. The molecule has 0 aromatic carbocycles. The van der Waals surface area contributed by atoms with Crippen molar-refractivity contribution in [2.75, 3.05) is 6.54 Å². The number of nitrogens with zero attached hydrogens (tertiary/aromatic N) is 1. The minimum atomic E-state index is 0.194. The van der Waals surface area contributed by atoms with Gasteiger partial charge in [-0.2, -0.15) is 0 Å². The van der Waals surface area contributed by atoms with Gasteiger partial charge in [0.15, 0.2) is 0 Å². The topological polar surface area (TPSA) is 57.8 Å². The van der Waals surface area contributed by atoms with Crippen LogP contribution in [-0.2, 0) is 11.2 Å². The molecule has 1 aromatic rings. The van der Waals surface area contributed by atoms with Gasteiger partial charge in [-0.3, -0.25) is 4.79 Å². The summed E-state index contributed by atoms with van der Waals surface area (Å²) in [5.41, 5.74) is 1.28. The standard InChI is InChI=1S/C11H17N3O/c1-11(2)5-9(11)10(15)13-4-3-8-6-12-7-14-8/h6-7,9H,3-5H2,1-2H3,(H,12,14)(H,13,15). The third-order valence-corrected chi connectivity index (χ3v) is 3.08. The van der Waals surface area contributed by atoms with Crippen LogP contribution in [0.2, 0.25) is 0 Å². The van der Waals surface area contributed by atoms with E-state index in [1.807, 2.05) is 0 Å². The number of hydrogen-bond donors (Lipinski definition) is 2. The van der Waals surface area contributed by atoms with Crippen LogP contribution in [0.1, 0.15) is 26.0 Å². The van der Waals surface area contributed by atoms with E-state index in [1.54, 1.807) is 12.5 Å². The molecule has 1 unspecified atom stereocenters. The SMILES string of the molecule is CC1(C)CC1C(=O)NCCc1cnc[nH]1. The van der Waals surface area contributed by atoms with Gasteiger partial charge in [-0.1, -0.05) is 13.8 Å². The monoisotopic (exact) mass is 207 g/mol. The lowest BCUT2D eigenvalue weighted by Crippen LogP contribution is -2.28. The first kappa shape index (κ1) is 10.2. The highest BCUT2D eigenvalue weighted by Gasteiger charge is 2.50. The maximum Gasteiger partial charge on any atom is 0.223 e.